The second kappa shape index (κ2) is 20.0. The first-order valence-corrected chi connectivity index (χ1v) is 20.1. The maximum atomic E-state index is 13.8. The van der Waals surface area contributed by atoms with E-state index >= 15 is 0 Å². The molecule has 0 aromatic heterocycles. The van der Waals surface area contributed by atoms with Crippen molar-refractivity contribution in [3.63, 3.8) is 0 Å². The summed E-state index contributed by atoms with van der Waals surface area (Å²) in [5, 5.41) is 23.9. The van der Waals surface area contributed by atoms with Crippen molar-refractivity contribution in [2.24, 2.45) is 11.8 Å². The van der Waals surface area contributed by atoms with Gasteiger partial charge in [-0.05, 0) is 74.6 Å². The molecule has 292 valence electrons. The molecular formula is C34H51N2O14PS. The summed E-state index contributed by atoms with van der Waals surface area (Å²) < 4.78 is 83.5. The van der Waals surface area contributed by atoms with Gasteiger partial charge in [-0.15, -0.1) is 0 Å². The van der Waals surface area contributed by atoms with E-state index in [0.717, 1.165) is 0 Å². The number of carbonyl (C=O) groups is 1. The van der Waals surface area contributed by atoms with Crippen LogP contribution in [0.4, 0.5) is 4.79 Å². The molecule has 3 N–H and O–H groups in total. The van der Waals surface area contributed by atoms with Gasteiger partial charge in [0.15, 0.2) is 19.4 Å². The molecule has 18 heteroatoms. The van der Waals surface area contributed by atoms with Crippen LogP contribution in [0.2, 0.25) is 0 Å². The highest BCUT2D eigenvalue weighted by atomic mass is 32.2. The van der Waals surface area contributed by atoms with Crippen molar-refractivity contribution in [1.29, 1.82) is 0 Å². The first-order chi connectivity index (χ1) is 24.7. The number of nitrogens with zero attached hydrogens (tertiary/aromatic N) is 1. The number of aliphatic hydroxyl groups excluding tert-OH is 2. The third-order valence-corrected chi connectivity index (χ3v) is 10.9. The minimum absolute atomic E-state index is 0.0356. The highest BCUT2D eigenvalue weighted by Gasteiger charge is 2.44. The van der Waals surface area contributed by atoms with Gasteiger partial charge < -0.3 is 53.2 Å². The number of fused-ring (bicyclic) bond motifs is 1. The molecule has 2 saturated heterocycles. The minimum atomic E-state index is -4.05. The number of alkyl carbamates (subject to hydrolysis) is 1. The summed E-state index contributed by atoms with van der Waals surface area (Å²) in [7, 11) is -5.23. The van der Waals surface area contributed by atoms with Gasteiger partial charge in [-0.25, -0.2) is 13.2 Å². The van der Waals surface area contributed by atoms with Gasteiger partial charge in [0, 0.05) is 13.1 Å². The molecule has 0 spiro atoms. The van der Waals surface area contributed by atoms with Crippen LogP contribution in [0, 0.1) is 11.8 Å². The van der Waals surface area contributed by atoms with Gasteiger partial charge in [-0.1, -0.05) is 26.0 Å². The summed E-state index contributed by atoms with van der Waals surface area (Å²) in [6, 6.07) is 11.7. The average molecular weight is 775 g/mol. The van der Waals surface area contributed by atoms with Crippen molar-refractivity contribution in [1.82, 2.24) is 9.62 Å². The smallest absolute Gasteiger partial charge is 0.407 e. The highest BCUT2D eigenvalue weighted by molar-refractivity contribution is 7.89. The number of rotatable bonds is 21. The van der Waals surface area contributed by atoms with E-state index in [4.69, 9.17) is 37.7 Å². The molecule has 4 rings (SSSR count). The van der Waals surface area contributed by atoms with E-state index in [1.54, 1.807) is 50.2 Å². The number of benzene rings is 2. The van der Waals surface area contributed by atoms with Crippen molar-refractivity contribution < 1.29 is 65.7 Å². The van der Waals surface area contributed by atoms with Crippen LogP contribution in [-0.4, -0.2) is 113 Å². The van der Waals surface area contributed by atoms with Crippen molar-refractivity contribution >= 4 is 24.1 Å². The predicted octanol–water partition coefficient (Wildman–Crippen LogP) is 3.30. The van der Waals surface area contributed by atoms with Crippen LogP contribution in [0.25, 0.3) is 0 Å². The molecule has 2 aliphatic heterocycles. The first kappa shape index (κ1) is 41.9. The lowest BCUT2D eigenvalue weighted by molar-refractivity contribution is -0.293. The monoisotopic (exact) mass is 774 g/mol. The molecular weight excluding hydrogens is 723 g/mol. The fourth-order valence-electron chi connectivity index (χ4n) is 5.65. The molecule has 16 nitrogen and oxygen atoms in total. The van der Waals surface area contributed by atoms with Crippen LogP contribution in [0.3, 0.4) is 0 Å². The molecule has 2 fully saturated rings. The van der Waals surface area contributed by atoms with Gasteiger partial charge in [0.25, 0.3) is 6.48 Å². The van der Waals surface area contributed by atoms with Crippen LogP contribution >= 0.6 is 8.03 Å². The number of ether oxygens (including phenoxy) is 7. The molecule has 0 bridgehead atoms. The Morgan fingerprint density at radius 2 is 1.71 bits per heavy atom. The van der Waals surface area contributed by atoms with Crippen LogP contribution in [0.1, 0.15) is 39.7 Å². The molecule has 2 aromatic rings. The Morgan fingerprint density at radius 3 is 2.37 bits per heavy atom. The summed E-state index contributed by atoms with van der Waals surface area (Å²) >= 11 is 0. The van der Waals surface area contributed by atoms with Crippen molar-refractivity contribution in [3.8, 4) is 11.5 Å². The third kappa shape index (κ3) is 12.6. The van der Waals surface area contributed by atoms with E-state index in [0.29, 0.717) is 30.1 Å². The number of carbonyl (C=O) groups excluding carboxylic acids is 1. The van der Waals surface area contributed by atoms with E-state index in [-0.39, 0.29) is 55.3 Å². The molecule has 7 atom stereocenters. The van der Waals surface area contributed by atoms with Crippen molar-refractivity contribution in [2.45, 2.75) is 82.6 Å². The maximum absolute atomic E-state index is 13.8. The Hall–Kier alpha value is -2.83. The lowest BCUT2D eigenvalue weighted by Gasteiger charge is -2.31. The summed E-state index contributed by atoms with van der Waals surface area (Å²) in [5.74, 6) is 0.699. The van der Waals surface area contributed by atoms with Crippen molar-refractivity contribution in [3.05, 3.63) is 54.1 Å². The highest BCUT2D eigenvalue weighted by Crippen LogP contribution is 2.33. The molecule has 1 amide bonds. The summed E-state index contributed by atoms with van der Waals surface area (Å²) in [4.78, 5) is 13.3. The molecule has 0 saturated carbocycles. The summed E-state index contributed by atoms with van der Waals surface area (Å²) in [6.07, 6.45) is -2.84. The zero-order valence-corrected chi connectivity index (χ0v) is 31.9. The van der Waals surface area contributed by atoms with Crippen LogP contribution in [-0.2, 0) is 49.2 Å². The number of nitrogens with one attached hydrogen (secondary N) is 1. The zero-order chi connectivity index (χ0) is 37.8. The Balaban J connectivity index is 1.43. The molecule has 2 heterocycles. The topological polar surface area (TPSA) is 198 Å². The average Bonchev–Trinajstić information content (AvgIpc) is 3.72. The van der Waals surface area contributed by atoms with Gasteiger partial charge in [0.05, 0.1) is 49.4 Å². The maximum Gasteiger partial charge on any atom is 0.407 e. The Morgan fingerprint density at radius 1 is 1.02 bits per heavy atom. The Kier molecular flexibility index (Phi) is 16.1. The second-order valence-electron chi connectivity index (χ2n) is 13.1. The van der Waals surface area contributed by atoms with Crippen LogP contribution < -0.4 is 14.8 Å². The van der Waals surface area contributed by atoms with Crippen LogP contribution in [0.15, 0.2) is 53.4 Å². The van der Waals surface area contributed by atoms with E-state index in [9.17, 15) is 28.0 Å². The first-order valence-electron chi connectivity index (χ1n) is 17.1. The number of hydrogen-bond donors (Lipinski definition) is 3. The number of methoxy groups -OCH3 is 1. The van der Waals surface area contributed by atoms with Gasteiger partial charge in [0.1, 0.15) is 17.6 Å². The SMILES string of the molecule is COc1ccc(S(=O)(=O)N(CC(C)C)C[C@@H](O)[C@H](Cc2ccc(OC[PH](=O)OCOC(O)OC(C)C)cc2)NC(=O)O[C@H]2CO[C@H]3OCC[C@H]32)cc1. The largest absolute Gasteiger partial charge is 0.497 e. The fourth-order valence-corrected chi connectivity index (χ4v) is 7.84. The lowest BCUT2D eigenvalue weighted by atomic mass is 10.0. The second-order valence-corrected chi connectivity index (χ2v) is 16.4. The molecule has 2 aliphatic rings. The van der Waals surface area contributed by atoms with Gasteiger partial charge in [0.2, 0.25) is 18.1 Å². The molecule has 0 aliphatic carbocycles. The quantitative estimate of drug-likeness (QED) is 0.123. The van der Waals surface area contributed by atoms with E-state index in [1.807, 2.05) is 13.8 Å². The molecule has 52 heavy (non-hydrogen) atoms. The summed E-state index contributed by atoms with van der Waals surface area (Å²) in [6.45, 7) is 5.69. The number of amides is 1. The standard InChI is InChI=1S/C34H51N2O14PS/c1-22(2)17-36(52(41,42)27-12-10-25(43-5)11-13-27)18-30(37)29(35-33(38)50-31-19-45-32-28(31)14-15-44-32)16-24-6-8-26(9-7-24)47-21-51(40)48-20-46-34(39)49-23(3)4/h6-13,22-23,28-32,34,37,39,51H,14-21H2,1-5H3,(H,35,38)/t28-,29-,30+,31-,32+,34?/m0/s1. The molecule has 2 unspecified atom stereocenters. The van der Waals surface area contributed by atoms with E-state index in [1.165, 1.54) is 23.5 Å². The zero-order valence-electron chi connectivity index (χ0n) is 30.0. The predicted molar refractivity (Wildman–Crippen MR) is 187 cm³/mol. The number of hydrogen-bond acceptors (Lipinski definition) is 14. The normalized spacial score (nSPS) is 21.2. The number of sulfonamides is 1. The Labute approximate surface area is 305 Å². The molecule has 0 radical (unpaired) electrons. The minimum Gasteiger partial charge on any atom is -0.497 e. The van der Waals surface area contributed by atoms with E-state index in [2.05, 4.69) is 5.32 Å². The van der Waals surface area contributed by atoms with E-state index < -0.39 is 62.0 Å². The van der Waals surface area contributed by atoms with Crippen LogP contribution in [0.5, 0.6) is 11.5 Å². The third-order valence-electron chi connectivity index (χ3n) is 8.22. The lowest BCUT2D eigenvalue weighted by Crippen LogP contribution is -2.51. The van der Waals surface area contributed by atoms with Crippen molar-refractivity contribution in [2.75, 3.05) is 46.6 Å². The molecule has 2 aromatic carbocycles. The van der Waals surface area contributed by atoms with Gasteiger partial charge >= 0.3 is 6.09 Å². The Bertz CT molecular complexity index is 1530. The fraction of sp³-hybridized carbons (Fsp3) is 0.618. The number of aliphatic hydroxyl groups is 2. The van der Waals surface area contributed by atoms with Gasteiger partial charge in [-0.3, -0.25) is 4.57 Å². The van der Waals surface area contributed by atoms with Gasteiger partial charge in [-0.2, -0.15) is 4.31 Å². The summed E-state index contributed by atoms with van der Waals surface area (Å²) in [5.41, 5.74) is 0.676.